The highest BCUT2D eigenvalue weighted by atomic mass is 16.1. The zero-order valence-corrected chi connectivity index (χ0v) is 16.3. The van der Waals surface area contributed by atoms with E-state index in [4.69, 9.17) is 4.98 Å². The van der Waals surface area contributed by atoms with Gasteiger partial charge in [-0.05, 0) is 55.9 Å². The molecule has 1 fully saturated rings. The maximum Gasteiger partial charge on any atom is 0.240 e. The number of fused-ring (bicyclic) bond motifs is 2. The monoisotopic (exact) mass is 387 g/mol. The summed E-state index contributed by atoms with van der Waals surface area (Å²) in [5, 5.41) is 3.12. The molecular weight excluding hydrogens is 362 g/mol. The highest BCUT2D eigenvalue weighted by molar-refractivity contribution is 5.80. The van der Waals surface area contributed by atoms with Crippen LogP contribution in [0.25, 0.3) is 22.1 Å². The number of amides is 1. The minimum atomic E-state index is 0.0487. The lowest BCUT2D eigenvalue weighted by Crippen LogP contribution is -2.33. The SMILES string of the molecule is O=C(Cn1cnc2ccccc21)NCC1CCC(c2nc3ccccc3[nH]2)CC1. The predicted octanol–water partition coefficient (Wildman–Crippen LogP) is 4.00. The summed E-state index contributed by atoms with van der Waals surface area (Å²) in [6, 6.07) is 16.1. The van der Waals surface area contributed by atoms with Crippen molar-refractivity contribution in [3.8, 4) is 0 Å². The average Bonchev–Trinajstić information content (AvgIpc) is 3.37. The number of carbonyl (C=O) groups is 1. The molecule has 0 bridgehead atoms. The Morgan fingerprint density at radius 2 is 1.79 bits per heavy atom. The molecule has 1 aliphatic carbocycles. The van der Waals surface area contributed by atoms with Crippen LogP contribution in [0, 0.1) is 5.92 Å². The van der Waals surface area contributed by atoms with Crippen molar-refractivity contribution < 1.29 is 4.79 Å². The van der Waals surface area contributed by atoms with E-state index in [0.717, 1.165) is 60.1 Å². The molecular formula is C23H25N5O. The molecule has 5 rings (SSSR count). The number of nitrogens with one attached hydrogen (secondary N) is 2. The molecule has 2 aromatic carbocycles. The lowest BCUT2D eigenvalue weighted by atomic mass is 9.81. The summed E-state index contributed by atoms with van der Waals surface area (Å²) in [6.45, 7) is 1.06. The highest BCUT2D eigenvalue weighted by Gasteiger charge is 2.24. The van der Waals surface area contributed by atoms with Gasteiger partial charge >= 0.3 is 0 Å². The molecule has 29 heavy (non-hydrogen) atoms. The molecule has 0 aliphatic heterocycles. The van der Waals surface area contributed by atoms with Gasteiger partial charge in [-0.15, -0.1) is 0 Å². The molecule has 6 nitrogen and oxygen atoms in total. The Morgan fingerprint density at radius 1 is 1.03 bits per heavy atom. The third kappa shape index (κ3) is 3.75. The summed E-state index contributed by atoms with van der Waals surface area (Å²) >= 11 is 0. The van der Waals surface area contributed by atoms with Crippen LogP contribution < -0.4 is 5.32 Å². The minimum absolute atomic E-state index is 0.0487. The van der Waals surface area contributed by atoms with E-state index in [1.54, 1.807) is 6.33 Å². The van der Waals surface area contributed by atoms with Gasteiger partial charge in [-0.3, -0.25) is 4.79 Å². The lowest BCUT2D eigenvalue weighted by molar-refractivity contribution is -0.121. The van der Waals surface area contributed by atoms with Gasteiger partial charge in [0, 0.05) is 12.5 Å². The van der Waals surface area contributed by atoms with Crippen LogP contribution in [0.15, 0.2) is 54.9 Å². The first-order valence-corrected chi connectivity index (χ1v) is 10.4. The minimum Gasteiger partial charge on any atom is -0.354 e. The Morgan fingerprint density at radius 3 is 2.62 bits per heavy atom. The van der Waals surface area contributed by atoms with Crippen LogP contribution in [-0.2, 0) is 11.3 Å². The van der Waals surface area contributed by atoms with Crippen molar-refractivity contribution >= 4 is 28.0 Å². The molecule has 1 saturated carbocycles. The number of para-hydroxylation sites is 4. The van der Waals surface area contributed by atoms with Crippen LogP contribution in [0.1, 0.15) is 37.4 Å². The Balaban J connectivity index is 1.12. The molecule has 1 aliphatic rings. The molecule has 2 aromatic heterocycles. The molecule has 0 radical (unpaired) electrons. The number of aromatic nitrogens is 4. The quantitative estimate of drug-likeness (QED) is 0.543. The van der Waals surface area contributed by atoms with Crippen molar-refractivity contribution in [2.24, 2.45) is 5.92 Å². The van der Waals surface area contributed by atoms with Crippen LogP contribution in [0.3, 0.4) is 0 Å². The van der Waals surface area contributed by atoms with Crippen molar-refractivity contribution in [3.05, 3.63) is 60.7 Å². The van der Waals surface area contributed by atoms with Gasteiger partial charge in [0.05, 0.1) is 28.4 Å². The first-order valence-electron chi connectivity index (χ1n) is 10.4. The average molecular weight is 387 g/mol. The number of hydrogen-bond acceptors (Lipinski definition) is 3. The van der Waals surface area contributed by atoms with E-state index >= 15 is 0 Å². The van der Waals surface area contributed by atoms with Crippen LogP contribution >= 0.6 is 0 Å². The summed E-state index contributed by atoms with van der Waals surface area (Å²) in [7, 11) is 0. The van der Waals surface area contributed by atoms with E-state index in [9.17, 15) is 4.79 Å². The van der Waals surface area contributed by atoms with Crippen LogP contribution in [0.4, 0.5) is 0 Å². The number of rotatable bonds is 5. The zero-order valence-electron chi connectivity index (χ0n) is 16.3. The number of aromatic amines is 1. The standard InChI is InChI=1S/C23H25N5O/c29-22(14-28-15-25-20-7-3-4-8-21(20)28)24-13-16-9-11-17(12-10-16)23-26-18-5-1-2-6-19(18)27-23/h1-8,15-17H,9-14H2,(H,24,29)(H,26,27). The fraction of sp³-hybridized carbons (Fsp3) is 0.348. The van der Waals surface area contributed by atoms with E-state index in [0.29, 0.717) is 18.4 Å². The summed E-state index contributed by atoms with van der Waals surface area (Å²) in [5.74, 6) is 2.19. The second-order valence-corrected chi connectivity index (χ2v) is 8.02. The Kier molecular flexibility index (Phi) is 4.76. The van der Waals surface area contributed by atoms with Gasteiger partial charge in [0.2, 0.25) is 5.91 Å². The molecule has 0 spiro atoms. The molecule has 148 valence electrons. The van der Waals surface area contributed by atoms with E-state index in [1.165, 1.54) is 0 Å². The van der Waals surface area contributed by atoms with Gasteiger partial charge in [0.25, 0.3) is 0 Å². The van der Waals surface area contributed by atoms with Gasteiger partial charge in [-0.25, -0.2) is 9.97 Å². The van der Waals surface area contributed by atoms with Crippen molar-refractivity contribution in [1.82, 2.24) is 24.8 Å². The maximum absolute atomic E-state index is 12.4. The third-order valence-electron chi connectivity index (χ3n) is 6.07. The molecule has 0 unspecified atom stereocenters. The van der Waals surface area contributed by atoms with Gasteiger partial charge in [-0.2, -0.15) is 0 Å². The number of H-pyrrole nitrogens is 1. The number of carbonyl (C=O) groups excluding carboxylic acids is 1. The predicted molar refractivity (Wildman–Crippen MR) is 114 cm³/mol. The Hall–Kier alpha value is -3.15. The van der Waals surface area contributed by atoms with Gasteiger partial charge in [0.1, 0.15) is 12.4 Å². The molecule has 0 atom stereocenters. The maximum atomic E-state index is 12.4. The topological polar surface area (TPSA) is 75.6 Å². The molecule has 2 heterocycles. The number of imidazole rings is 2. The first kappa shape index (κ1) is 17.9. The van der Waals surface area contributed by atoms with Crippen molar-refractivity contribution in [3.63, 3.8) is 0 Å². The first-order chi connectivity index (χ1) is 14.3. The van der Waals surface area contributed by atoms with E-state index < -0.39 is 0 Å². The van der Waals surface area contributed by atoms with Crippen LogP contribution in [0.2, 0.25) is 0 Å². The summed E-state index contributed by atoms with van der Waals surface area (Å²) in [4.78, 5) is 25.0. The number of hydrogen-bond donors (Lipinski definition) is 2. The third-order valence-corrected chi connectivity index (χ3v) is 6.07. The van der Waals surface area contributed by atoms with Crippen LogP contribution in [0.5, 0.6) is 0 Å². The van der Waals surface area contributed by atoms with E-state index in [2.05, 4.69) is 27.4 Å². The molecule has 1 amide bonds. The number of benzene rings is 2. The molecule has 4 aromatic rings. The van der Waals surface area contributed by atoms with Crippen molar-refractivity contribution in [1.29, 1.82) is 0 Å². The largest absolute Gasteiger partial charge is 0.354 e. The number of nitrogens with zero attached hydrogens (tertiary/aromatic N) is 3. The van der Waals surface area contributed by atoms with E-state index in [1.807, 2.05) is 41.0 Å². The molecule has 6 heteroatoms. The van der Waals surface area contributed by atoms with Crippen LogP contribution in [-0.4, -0.2) is 32.0 Å². The Bertz CT molecular complexity index is 1100. The van der Waals surface area contributed by atoms with E-state index in [-0.39, 0.29) is 5.91 Å². The van der Waals surface area contributed by atoms with Crippen molar-refractivity contribution in [2.45, 2.75) is 38.1 Å². The fourth-order valence-electron chi connectivity index (χ4n) is 4.41. The van der Waals surface area contributed by atoms with Gasteiger partial charge in [0.15, 0.2) is 0 Å². The Labute approximate surface area is 169 Å². The normalized spacial score (nSPS) is 19.6. The smallest absolute Gasteiger partial charge is 0.240 e. The molecule has 2 N–H and O–H groups in total. The van der Waals surface area contributed by atoms with Crippen molar-refractivity contribution in [2.75, 3.05) is 6.54 Å². The summed E-state index contributed by atoms with van der Waals surface area (Å²) in [6.07, 6.45) is 6.22. The zero-order chi connectivity index (χ0) is 19.6. The summed E-state index contributed by atoms with van der Waals surface area (Å²) in [5.41, 5.74) is 4.08. The highest BCUT2D eigenvalue weighted by Crippen LogP contribution is 2.35. The molecule has 0 saturated heterocycles. The van der Waals surface area contributed by atoms with Gasteiger partial charge in [-0.1, -0.05) is 24.3 Å². The lowest BCUT2D eigenvalue weighted by Gasteiger charge is -2.27. The van der Waals surface area contributed by atoms with Gasteiger partial charge < -0.3 is 14.9 Å². The second kappa shape index (κ2) is 7.70. The second-order valence-electron chi connectivity index (χ2n) is 8.02. The summed E-state index contributed by atoms with van der Waals surface area (Å²) < 4.78 is 1.91. The fourth-order valence-corrected chi connectivity index (χ4v) is 4.41.